The Morgan fingerprint density at radius 1 is 1.14 bits per heavy atom. The van der Waals surface area contributed by atoms with Crippen LogP contribution in [0.3, 0.4) is 0 Å². The van der Waals surface area contributed by atoms with Crippen molar-refractivity contribution >= 4 is 51.8 Å². The zero-order valence-electron chi connectivity index (χ0n) is 25.9. The van der Waals surface area contributed by atoms with Gasteiger partial charge in [0.2, 0.25) is 10.0 Å². The number of aromatic amines is 1. The van der Waals surface area contributed by atoms with Gasteiger partial charge in [-0.05, 0) is 43.0 Å². The molecule has 0 radical (unpaired) electrons. The molecule has 4 rings (SSSR count). The van der Waals surface area contributed by atoms with Gasteiger partial charge in [-0.3, -0.25) is 14.5 Å². The van der Waals surface area contributed by atoms with E-state index in [1.54, 1.807) is 10.6 Å². The van der Waals surface area contributed by atoms with Crippen LogP contribution in [-0.4, -0.2) is 90.1 Å². The number of nitrogens with one attached hydrogen (secondary N) is 1. The zero-order valence-corrected chi connectivity index (χ0v) is 28.3. The number of hydrogen-bond acceptors (Lipinski definition) is 9. The molecule has 1 aromatic carbocycles. The number of aromatic nitrogens is 3. The Morgan fingerprint density at radius 3 is 2.43 bits per heavy atom. The number of halogens is 2. The van der Waals surface area contributed by atoms with E-state index in [1.807, 2.05) is 34.0 Å². The Kier molecular flexibility index (Phi) is 13.7. The van der Waals surface area contributed by atoms with Crippen LogP contribution in [0.1, 0.15) is 39.7 Å². The summed E-state index contributed by atoms with van der Waals surface area (Å²) in [5.74, 6) is 0.253. The topological polar surface area (TPSA) is 153 Å². The normalized spacial score (nSPS) is 15.1. The molecule has 0 spiro atoms. The summed E-state index contributed by atoms with van der Waals surface area (Å²) in [5, 5.41) is 0. The van der Waals surface area contributed by atoms with E-state index in [9.17, 15) is 18.0 Å². The van der Waals surface area contributed by atoms with E-state index in [0.29, 0.717) is 48.6 Å². The van der Waals surface area contributed by atoms with Crippen LogP contribution in [0.4, 0.5) is 0 Å². The summed E-state index contributed by atoms with van der Waals surface area (Å²) in [6, 6.07) is 4.00. The number of aryl methyl sites for hydroxylation is 2. The number of fused-ring (bicyclic) bond motifs is 1. The standard InChI is InChI=1S/C29H42N6O6S.2ClH/c1-6-8-20-18-33(5)26-25(20)31-27(32-28(26)36)22-17-21(9-10-23(22)40-7-2)42(38,39)35-13-11-34(12-14-35)15-16-41-29(37)24(30)19(3)4;;/h9-10,17-19,24H,6-8,11-16,30H2,1-5H3,(H,31,32,36);2*1H/t24-;;/m0../s1. The molecule has 0 bridgehead atoms. The number of nitrogens with zero attached hydrogens (tertiary/aromatic N) is 4. The Labute approximate surface area is 271 Å². The second kappa shape index (κ2) is 16.1. The minimum Gasteiger partial charge on any atom is -0.493 e. The van der Waals surface area contributed by atoms with Crippen molar-refractivity contribution in [3.63, 3.8) is 0 Å². The molecule has 3 N–H and O–H groups in total. The molecular weight excluding hydrogens is 631 g/mol. The molecule has 0 saturated carbocycles. The monoisotopic (exact) mass is 674 g/mol. The molecule has 0 aliphatic carbocycles. The van der Waals surface area contributed by atoms with Gasteiger partial charge in [-0.2, -0.15) is 4.31 Å². The van der Waals surface area contributed by atoms with Crippen LogP contribution >= 0.6 is 24.8 Å². The molecular formula is C29H44Cl2N6O6S. The smallest absolute Gasteiger partial charge is 0.323 e. The lowest BCUT2D eigenvalue weighted by Gasteiger charge is -2.34. The first kappa shape index (κ1) is 37.5. The lowest BCUT2D eigenvalue weighted by molar-refractivity contribution is -0.146. The van der Waals surface area contributed by atoms with Crippen molar-refractivity contribution in [3.8, 4) is 17.1 Å². The third kappa shape index (κ3) is 8.12. The number of hydrogen-bond donors (Lipinski definition) is 2. The molecule has 3 heterocycles. The third-order valence-corrected chi connectivity index (χ3v) is 9.43. The summed E-state index contributed by atoms with van der Waals surface area (Å²) in [6.07, 6.45) is 3.57. The summed E-state index contributed by atoms with van der Waals surface area (Å²) >= 11 is 0. The SMILES string of the molecule is CCCc1cn(C)c2c(=O)[nH]c(-c3cc(S(=O)(=O)N4CCN(CCOC(=O)[C@@H](N)C(C)C)CC4)ccc3OCC)nc12.Cl.Cl. The zero-order chi connectivity index (χ0) is 30.6. The van der Waals surface area contributed by atoms with Gasteiger partial charge in [-0.15, -0.1) is 24.8 Å². The molecule has 1 fully saturated rings. The molecule has 0 amide bonds. The van der Waals surface area contributed by atoms with Crippen molar-refractivity contribution in [2.75, 3.05) is 45.9 Å². The lowest BCUT2D eigenvalue weighted by Crippen LogP contribution is -2.49. The predicted molar refractivity (Wildman–Crippen MR) is 175 cm³/mol. The first-order chi connectivity index (χ1) is 20.0. The second-order valence-electron chi connectivity index (χ2n) is 10.9. The molecule has 3 aromatic rings. The predicted octanol–water partition coefficient (Wildman–Crippen LogP) is 2.96. The summed E-state index contributed by atoms with van der Waals surface area (Å²) in [4.78, 5) is 34.9. The third-order valence-electron chi connectivity index (χ3n) is 7.54. The summed E-state index contributed by atoms with van der Waals surface area (Å²) in [7, 11) is -2.03. The molecule has 44 heavy (non-hydrogen) atoms. The molecule has 1 aliphatic heterocycles. The van der Waals surface area contributed by atoms with Crippen LogP contribution in [0.15, 0.2) is 34.1 Å². The quantitative estimate of drug-likeness (QED) is 0.276. The van der Waals surface area contributed by atoms with Crippen molar-refractivity contribution in [1.82, 2.24) is 23.7 Å². The van der Waals surface area contributed by atoms with E-state index < -0.39 is 22.0 Å². The lowest BCUT2D eigenvalue weighted by atomic mass is 10.1. The van der Waals surface area contributed by atoms with Gasteiger partial charge < -0.3 is 24.8 Å². The first-order valence-electron chi connectivity index (χ1n) is 14.5. The number of esters is 1. The maximum absolute atomic E-state index is 13.7. The van der Waals surface area contributed by atoms with E-state index in [1.165, 1.54) is 16.4 Å². The summed E-state index contributed by atoms with van der Waals surface area (Å²) in [6.45, 7) is 10.2. The fourth-order valence-corrected chi connectivity index (χ4v) is 6.53. The van der Waals surface area contributed by atoms with Gasteiger partial charge in [0.05, 0.1) is 22.6 Å². The highest BCUT2D eigenvalue weighted by Gasteiger charge is 2.30. The molecule has 15 heteroatoms. The van der Waals surface area contributed by atoms with Crippen LogP contribution in [-0.2, 0) is 33.0 Å². The first-order valence-corrected chi connectivity index (χ1v) is 15.9. The number of carbonyl (C=O) groups excluding carboxylic acids is 1. The van der Waals surface area contributed by atoms with Crippen LogP contribution < -0.4 is 16.0 Å². The van der Waals surface area contributed by atoms with Crippen molar-refractivity contribution < 1.29 is 22.7 Å². The Morgan fingerprint density at radius 2 is 1.82 bits per heavy atom. The number of ether oxygens (including phenoxy) is 2. The fraction of sp³-hybridized carbons (Fsp3) is 0.552. The highest BCUT2D eigenvalue weighted by Crippen LogP contribution is 2.32. The second-order valence-corrected chi connectivity index (χ2v) is 12.8. The number of H-pyrrole nitrogens is 1. The van der Waals surface area contributed by atoms with Crippen LogP contribution in [0, 0.1) is 5.92 Å². The number of sulfonamides is 1. The van der Waals surface area contributed by atoms with Crippen molar-refractivity contribution in [2.45, 2.75) is 51.5 Å². The summed E-state index contributed by atoms with van der Waals surface area (Å²) < 4.78 is 41.7. The van der Waals surface area contributed by atoms with Gasteiger partial charge in [0.1, 0.15) is 29.7 Å². The molecule has 2 aromatic heterocycles. The van der Waals surface area contributed by atoms with Gasteiger partial charge in [-0.1, -0.05) is 27.2 Å². The molecule has 0 unspecified atom stereocenters. The van der Waals surface area contributed by atoms with E-state index in [0.717, 1.165) is 18.4 Å². The van der Waals surface area contributed by atoms with Crippen LogP contribution in [0.25, 0.3) is 22.4 Å². The number of nitrogens with two attached hydrogens (primary N) is 1. The fourth-order valence-electron chi connectivity index (χ4n) is 5.08. The number of piperazine rings is 1. The molecule has 1 atom stereocenters. The maximum Gasteiger partial charge on any atom is 0.323 e. The van der Waals surface area contributed by atoms with E-state index in [-0.39, 0.29) is 66.7 Å². The van der Waals surface area contributed by atoms with Gasteiger partial charge in [0.25, 0.3) is 5.56 Å². The highest BCUT2D eigenvalue weighted by atomic mass is 35.5. The highest BCUT2D eigenvalue weighted by molar-refractivity contribution is 7.89. The Hall–Kier alpha value is -2.68. The molecule has 1 aliphatic rings. The minimum absolute atomic E-state index is 0. The molecule has 12 nitrogen and oxygen atoms in total. The van der Waals surface area contributed by atoms with E-state index in [4.69, 9.17) is 20.2 Å². The van der Waals surface area contributed by atoms with Crippen LogP contribution in [0.5, 0.6) is 5.75 Å². The number of rotatable bonds is 12. The largest absolute Gasteiger partial charge is 0.493 e. The molecule has 246 valence electrons. The van der Waals surface area contributed by atoms with Gasteiger partial charge in [0.15, 0.2) is 0 Å². The Bertz CT molecular complexity index is 1580. The van der Waals surface area contributed by atoms with E-state index in [2.05, 4.69) is 16.8 Å². The Balaban J connectivity index is 0.00000337. The van der Waals surface area contributed by atoms with Gasteiger partial charge >= 0.3 is 5.97 Å². The average Bonchev–Trinajstić information content (AvgIpc) is 3.28. The van der Waals surface area contributed by atoms with Crippen molar-refractivity contribution in [1.29, 1.82) is 0 Å². The summed E-state index contributed by atoms with van der Waals surface area (Å²) in [5.41, 5.74) is 7.97. The minimum atomic E-state index is -3.84. The molecule has 1 saturated heterocycles. The van der Waals surface area contributed by atoms with Crippen molar-refractivity contribution in [3.05, 3.63) is 40.3 Å². The van der Waals surface area contributed by atoms with E-state index >= 15 is 0 Å². The number of benzene rings is 1. The van der Waals surface area contributed by atoms with Crippen molar-refractivity contribution in [2.24, 2.45) is 18.7 Å². The number of carbonyl (C=O) groups is 1. The van der Waals surface area contributed by atoms with Gasteiger partial charge in [0, 0.05) is 46.0 Å². The average molecular weight is 676 g/mol. The van der Waals surface area contributed by atoms with Crippen LogP contribution in [0.2, 0.25) is 0 Å². The maximum atomic E-state index is 13.7. The van der Waals surface area contributed by atoms with Gasteiger partial charge in [-0.25, -0.2) is 13.4 Å².